The van der Waals surface area contributed by atoms with E-state index in [0.717, 1.165) is 9.01 Å². The molecule has 2 aromatic rings. The number of fused-ring (bicyclic) bond motifs is 1. The molecule has 0 amide bonds. The Morgan fingerprint density at radius 2 is 2.19 bits per heavy atom. The minimum absolute atomic E-state index is 0.137. The van der Waals surface area contributed by atoms with Crippen LogP contribution >= 0.6 is 22.9 Å². The van der Waals surface area contributed by atoms with Crippen molar-refractivity contribution in [3.05, 3.63) is 28.6 Å². The van der Waals surface area contributed by atoms with Gasteiger partial charge in [-0.1, -0.05) is 11.6 Å². The maximum atomic E-state index is 12.8. The third-order valence-electron chi connectivity index (χ3n) is 3.58. The largest absolute Gasteiger partial charge is 0.480 e. The maximum absolute atomic E-state index is 12.8. The van der Waals surface area contributed by atoms with Crippen LogP contribution in [0.25, 0.3) is 10.1 Å². The van der Waals surface area contributed by atoms with Gasteiger partial charge in [0.15, 0.2) is 0 Å². The summed E-state index contributed by atoms with van der Waals surface area (Å²) in [5.74, 6) is -1.10. The van der Waals surface area contributed by atoms with E-state index in [2.05, 4.69) is 0 Å². The van der Waals surface area contributed by atoms with E-state index in [4.69, 9.17) is 11.6 Å². The van der Waals surface area contributed by atoms with Crippen molar-refractivity contribution in [2.75, 3.05) is 6.54 Å². The molecule has 1 saturated heterocycles. The minimum atomic E-state index is -3.83. The molecule has 2 heterocycles. The number of benzene rings is 1. The van der Waals surface area contributed by atoms with Gasteiger partial charge in [-0.05, 0) is 31.0 Å². The molecule has 21 heavy (non-hydrogen) atoms. The second kappa shape index (κ2) is 5.24. The number of nitrogens with zero attached hydrogens (tertiary/aromatic N) is 1. The maximum Gasteiger partial charge on any atom is 0.322 e. The summed E-state index contributed by atoms with van der Waals surface area (Å²) in [5, 5.41) is 11.7. The number of carboxylic acids is 1. The van der Waals surface area contributed by atoms with E-state index < -0.39 is 22.0 Å². The highest BCUT2D eigenvalue weighted by molar-refractivity contribution is 7.89. The van der Waals surface area contributed by atoms with Crippen molar-refractivity contribution in [2.45, 2.75) is 23.8 Å². The zero-order valence-electron chi connectivity index (χ0n) is 10.8. The Bertz CT molecular complexity index is 815. The highest BCUT2D eigenvalue weighted by Crippen LogP contribution is 2.35. The lowest BCUT2D eigenvalue weighted by Gasteiger charge is -2.20. The lowest BCUT2D eigenvalue weighted by atomic mass is 10.2. The summed E-state index contributed by atoms with van der Waals surface area (Å²) in [4.78, 5) is 11.4. The average Bonchev–Trinajstić information content (AvgIpc) is 3.05. The van der Waals surface area contributed by atoms with Crippen LogP contribution in [-0.4, -0.2) is 36.4 Å². The highest BCUT2D eigenvalue weighted by Gasteiger charge is 2.40. The molecule has 1 aliphatic rings. The first kappa shape index (κ1) is 14.8. The summed E-state index contributed by atoms with van der Waals surface area (Å²) in [6.07, 6.45) is 0.899. The highest BCUT2D eigenvalue weighted by atomic mass is 35.5. The smallest absolute Gasteiger partial charge is 0.322 e. The van der Waals surface area contributed by atoms with Gasteiger partial charge < -0.3 is 5.11 Å². The molecule has 1 fully saturated rings. The number of hydrogen-bond donors (Lipinski definition) is 1. The summed E-state index contributed by atoms with van der Waals surface area (Å²) >= 11 is 7.24. The van der Waals surface area contributed by atoms with Crippen LogP contribution in [0.15, 0.2) is 28.5 Å². The Morgan fingerprint density at radius 3 is 2.90 bits per heavy atom. The monoisotopic (exact) mass is 345 g/mol. The van der Waals surface area contributed by atoms with Gasteiger partial charge in [0.2, 0.25) is 10.0 Å². The molecule has 1 aromatic heterocycles. The molecule has 3 rings (SSSR count). The van der Waals surface area contributed by atoms with Crippen molar-refractivity contribution in [3.8, 4) is 0 Å². The number of carboxylic acid groups (broad SMARTS) is 1. The predicted molar refractivity (Wildman–Crippen MR) is 81.4 cm³/mol. The van der Waals surface area contributed by atoms with Gasteiger partial charge >= 0.3 is 5.97 Å². The second-order valence-electron chi connectivity index (χ2n) is 4.85. The van der Waals surface area contributed by atoms with Gasteiger partial charge in [0.1, 0.15) is 10.9 Å². The van der Waals surface area contributed by atoms with Gasteiger partial charge in [0.25, 0.3) is 0 Å². The standard InChI is InChI=1S/C13H12ClNO4S2/c14-8-3-4-11-9(6-8)12(7-20-11)21(18,19)15-5-1-2-10(15)13(16)17/h3-4,6-7,10H,1-2,5H2,(H,16,17). The molecule has 1 atom stereocenters. The molecular formula is C13H12ClNO4S2. The number of halogens is 1. The van der Waals surface area contributed by atoms with Crippen molar-refractivity contribution >= 4 is 49.0 Å². The van der Waals surface area contributed by atoms with Crippen LogP contribution < -0.4 is 0 Å². The Labute approximate surface area is 130 Å². The van der Waals surface area contributed by atoms with Crippen LogP contribution in [0.5, 0.6) is 0 Å². The average molecular weight is 346 g/mol. The van der Waals surface area contributed by atoms with E-state index in [1.54, 1.807) is 23.6 Å². The Kier molecular flexibility index (Phi) is 3.69. The van der Waals surface area contributed by atoms with E-state index in [1.165, 1.54) is 11.3 Å². The molecule has 1 aliphatic heterocycles. The molecule has 1 unspecified atom stereocenters. The Balaban J connectivity index is 2.12. The number of aliphatic carboxylic acids is 1. The molecule has 0 saturated carbocycles. The molecule has 8 heteroatoms. The summed E-state index contributed by atoms with van der Waals surface area (Å²) < 4.78 is 27.4. The predicted octanol–water partition coefficient (Wildman–Crippen LogP) is 2.79. The fourth-order valence-electron chi connectivity index (χ4n) is 2.58. The zero-order chi connectivity index (χ0) is 15.2. The Hall–Kier alpha value is -1.15. The Morgan fingerprint density at radius 1 is 1.43 bits per heavy atom. The molecular weight excluding hydrogens is 334 g/mol. The number of sulfonamides is 1. The fraction of sp³-hybridized carbons (Fsp3) is 0.308. The summed E-state index contributed by atoms with van der Waals surface area (Å²) in [6.45, 7) is 0.233. The summed E-state index contributed by atoms with van der Waals surface area (Å²) in [7, 11) is -3.83. The molecule has 112 valence electrons. The molecule has 0 radical (unpaired) electrons. The number of rotatable bonds is 3. The van der Waals surface area contributed by atoms with E-state index >= 15 is 0 Å². The third kappa shape index (κ3) is 2.44. The minimum Gasteiger partial charge on any atom is -0.480 e. The van der Waals surface area contributed by atoms with Crippen molar-refractivity contribution in [3.63, 3.8) is 0 Å². The lowest BCUT2D eigenvalue weighted by molar-refractivity contribution is -0.140. The van der Waals surface area contributed by atoms with Gasteiger partial charge in [-0.2, -0.15) is 4.31 Å². The molecule has 5 nitrogen and oxygen atoms in total. The molecule has 0 aliphatic carbocycles. The van der Waals surface area contributed by atoms with Crippen LogP contribution in [0.1, 0.15) is 12.8 Å². The van der Waals surface area contributed by atoms with Crippen LogP contribution in [0.4, 0.5) is 0 Å². The van der Waals surface area contributed by atoms with Crippen LogP contribution in [0.3, 0.4) is 0 Å². The van der Waals surface area contributed by atoms with E-state index in [-0.39, 0.29) is 11.4 Å². The summed E-state index contributed by atoms with van der Waals surface area (Å²) in [6, 6.07) is 4.09. The lowest BCUT2D eigenvalue weighted by Crippen LogP contribution is -2.40. The van der Waals surface area contributed by atoms with E-state index in [9.17, 15) is 18.3 Å². The fourth-order valence-corrected chi connectivity index (χ4v) is 5.85. The zero-order valence-corrected chi connectivity index (χ0v) is 13.2. The van der Waals surface area contributed by atoms with Gasteiger partial charge in [0.05, 0.1) is 0 Å². The van der Waals surface area contributed by atoms with Crippen molar-refractivity contribution in [1.29, 1.82) is 0 Å². The molecule has 0 bridgehead atoms. The normalized spacial score (nSPS) is 20.1. The van der Waals surface area contributed by atoms with Gasteiger partial charge in [0, 0.05) is 27.0 Å². The third-order valence-corrected chi connectivity index (χ3v) is 6.87. The van der Waals surface area contributed by atoms with Crippen molar-refractivity contribution in [2.24, 2.45) is 0 Å². The first-order chi connectivity index (χ1) is 9.91. The van der Waals surface area contributed by atoms with Gasteiger partial charge in [-0.3, -0.25) is 4.79 Å². The van der Waals surface area contributed by atoms with Gasteiger partial charge in [-0.15, -0.1) is 11.3 Å². The van der Waals surface area contributed by atoms with E-state index in [0.29, 0.717) is 23.3 Å². The second-order valence-corrected chi connectivity index (χ2v) is 8.06. The summed E-state index contributed by atoms with van der Waals surface area (Å²) in [5.41, 5.74) is 0. The molecule has 0 spiro atoms. The van der Waals surface area contributed by atoms with Crippen molar-refractivity contribution < 1.29 is 18.3 Å². The molecule has 1 N–H and O–H groups in total. The van der Waals surface area contributed by atoms with Crippen LogP contribution in [-0.2, 0) is 14.8 Å². The van der Waals surface area contributed by atoms with Crippen LogP contribution in [0.2, 0.25) is 5.02 Å². The van der Waals surface area contributed by atoms with Crippen LogP contribution in [0, 0.1) is 0 Å². The SMILES string of the molecule is O=C(O)C1CCCN1S(=O)(=O)c1csc2ccc(Cl)cc12. The van der Waals surface area contributed by atoms with E-state index in [1.807, 2.05) is 0 Å². The quantitative estimate of drug-likeness (QED) is 0.928. The number of thiophene rings is 1. The molecule has 1 aromatic carbocycles. The van der Waals surface area contributed by atoms with Crippen molar-refractivity contribution in [1.82, 2.24) is 4.31 Å². The topological polar surface area (TPSA) is 74.7 Å². The van der Waals surface area contributed by atoms with Gasteiger partial charge in [-0.25, -0.2) is 8.42 Å². The first-order valence-corrected chi connectivity index (χ1v) is 9.02. The number of hydrogen-bond acceptors (Lipinski definition) is 4. The number of carbonyl (C=O) groups is 1. The first-order valence-electron chi connectivity index (χ1n) is 6.32.